The normalized spacial score (nSPS) is 10.4. The number of rotatable bonds is 7. The molecule has 8 heteroatoms. The maximum atomic E-state index is 12.6. The van der Waals surface area contributed by atoms with Crippen LogP contribution < -0.4 is 5.32 Å². The summed E-state index contributed by atoms with van der Waals surface area (Å²) in [4.78, 5) is 36.4. The van der Waals surface area contributed by atoms with Crippen molar-refractivity contribution in [2.45, 2.75) is 20.8 Å². The minimum absolute atomic E-state index is 0.277. The Kier molecular flexibility index (Phi) is 6.81. The van der Waals surface area contributed by atoms with Crippen molar-refractivity contribution in [3.05, 3.63) is 77.1 Å². The fraction of sp³-hybridized carbons (Fsp3) is 0.217. The SMILES string of the molecule is CCOC(=O)c1cccc(NC(=O)c2ccc(-n3ncc(C(=O)OCC)c3C)cc2)c1. The Morgan fingerprint density at radius 1 is 0.935 bits per heavy atom. The second-order valence-corrected chi connectivity index (χ2v) is 6.58. The Labute approximate surface area is 179 Å². The first-order chi connectivity index (χ1) is 14.9. The van der Waals surface area contributed by atoms with E-state index in [2.05, 4.69) is 10.4 Å². The third kappa shape index (κ3) is 4.98. The molecule has 8 nitrogen and oxygen atoms in total. The molecule has 0 aliphatic rings. The summed E-state index contributed by atoms with van der Waals surface area (Å²) in [5.74, 6) is -1.19. The largest absolute Gasteiger partial charge is 0.462 e. The van der Waals surface area contributed by atoms with E-state index in [0.29, 0.717) is 33.8 Å². The van der Waals surface area contributed by atoms with Crippen LogP contribution in [0.2, 0.25) is 0 Å². The molecule has 0 spiro atoms. The Hall–Kier alpha value is -3.94. The van der Waals surface area contributed by atoms with Crippen LogP contribution in [0.5, 0.6) is 0 Å². The maximum Gasteiger partial charge on any atom is 0.341 e. The van der Waals surface area contributed by atoms with E-state index in [4.69, 9.17) is 9.47 Å². The van der Waals surface area contributed by atoms with Crippen LogP contribution >= 0.6 is 0 Å². The molecule has 160 valence electrons. The highest BCUT2D eigenvalue weighted by Gasteiger charge is 2.16. The quantitative estimate of drug-likeness (QED) is 0.583. The predicted octanol–water partition coefficient (Wildman–Crippen LogP) is 3.79. The van der Waals surface area contributed by atoms with Gasteiger partial charge < -0.3 is 14.8 Å². The van der Waals surface area contributed by atoms with E-state index in [-0.39, 0.29) is 19.1 Å². The average molecular weight is 421 g/mol. The molecule has 2 aromatic carbocycles. The molecule has 0 aliphatic heterocycles. The molecule has 31 heavy (non-hydrogen) atoms. The van der Waals surface area contributed by atoms with E-state index >= 15 is 0 Å². The molecule has 0 radical (unpaired) electrons. The summed E-state index contributed by atoms with van der Waals surface area (Å²) in [5, 5.41) is 7.01. The molecule has 1 aromatic heterocycles. The summed E-state index contributed by atoms with van der Waals surface area (Å²) in [6.07, 6.45) is 1.46. The molecule has 0 saturated carbocycles. The molecule has 0 bridgehead atoms. The van der Waals surface area contributed by atoms with Crippen molar-refractivity contribution in [3.8, 4) is 5.69 Å². The fourth-order valence-corrected chi connectivity index (χ4v) is 2.97. The first-order valence-corrected chi connectivity index (χ1v) is 9.85. The summed E-state index contributed by atoms with van der Waals surface area (Å²) in [7, 11) is 0. The van der Waals surface area contributed by atoms with Crippen LogP contribution in [-0.2, 0) is 9.47 Å². The Morgan fingerprint density at radius 2 is 1.61 bits per heavy atom. The standard InChI is InChI=1S/C23H23N3O5/c1-4-30-22(28)17-7-6-8-18(13-17)25-21(27)16-9-11-19(12-10-16)26-15(3)20(14-24-26)23(29)31-5-2/h6-14H,4-5H2,1-3H3,(H,25,27). The van der Waals surface area contributed by atoms with Gasteiger partial charge in [0.15, 0.2) is 0 Å². The number of hydrogen-bond donors (Lipinski definition) is 1. The van der Waals surface area contributed by atoms with Gasteiger partial charge in [0, 0.05) is 11.3 Å². The highest BCUT2D eigenvalue weighted by Crippen LogP contribution is 2.17. The average Bonchev–Trinajstić information content (AvgIpc) is 3.16. The van der Waals surface area contributed by atoms with Crippen molar-refractivity contribution in [2.24, 2.45) is 0 Å². The van der Waals surface area contributed by atoms with Crippen LogP contribution in [0.3, 0.4) is 0 Å². The zero-order valence-electron chi connectivity index (χ0n) is 17.5. The van der Waals surface area contributed by atoms with Gasteiger partial charge in [-0.25, -0.2) is 14.3 Å². The summed E-state index contributed by atoms with van der Waals surface area (Å²) < 4.78 is 11.6. The number of nitrogens with one attached hydrogen (secondary N) is 1. The molecule has 0 saturated heterocycles. The van der Waals surface area contributed by atoms with Gasteiger partial charge in [-0.1, -0.05) is 6.07 Å². The number of esters is 2. The van der Waals surface area contributed by atoms with Crippen LogP contribution in [0.15, 0.2) is 54.7 Å². The molecule has 3 aromatic rings. The summed E-state index contributed by atoms with van der Waals surface area (Å²) >= 11 is 0. The van der Waals surface area contributed by atoms with Gasteiger partial charge in [0.1, 0.15) is 5.56 Å². The number of amides is 1. The maximum absolute atomic E-state index is 12.6. The minimum Gasteiger partial charge on any atom is -0.462 e. The number of hydrogen-bond acceptors (Lipinski definition) is 6. The first kappa shape index (κ1) is 21.8. The van der Waals surface area contributed by atoms with Crippen molar-refractivity contribution >= 4 is 23.5 Å². The summed E-state index contributed by atoms with van der Waals surface area (Å²) in [6, 6.07) is 13.3. The van der Waals surface area contributed by atoms with E-state index in [1.54, 1.807) is 74.0 Å². The smallest absolute Gasteiger partial charge is 0.341 e. The van der Waals surface area contributed by atoms with Crippen molar-refractivity contribution in [2.75, 3.05) is 18.5 Å². The van der Waals surface area contributed by atoms with Crippen LogP contribution in [0.1, 0.15) is 50.6 Å². The number of benzene rings is 2. The van der Waals surface area contributed by atoms with E-state index in [0.717, 1.165) is 0 Å². The van der Waals surface area contributed by atoms with Crippen LogP contribution in [0.25, 0.3) is 5.69 Å². The monoisotopic (exact) mass is 421 g/mol. The van der Waals surface area contributed by atoms with E-state index in [9.17, 15) is 14.4 Å². The van der Waals surface area contributed by atoms with Crippen LogP contribution in [0, 0.1) is 6.92 Å². The van der Waals surface area contributed by atoms with E-state index in [1.807, 2.05) is 0 Å². The Morgan fingerprint density at radius 3 is 2.29 bits per heavy atom. The molecule has 1 amide bonds. The van der Waals surface area contributed by atoms with Crippen LogP contribution in [0.4, 0.5) is 5.69 Å². The topological polar surface area (TPSA) is 99.5 Å². The number of aromatic nitrogens is 2. The lowest BCUT2D eigenvalue weighted by Crippen LogP contribution is -2.13. The first-order valence-electron chi connectivity index (χ1n) is 9.85. The van der Waals surface area contributed by atoms with Crippen LogP contribution in [-0.4, -0.2) is 40.8 Å². The van der Waals surface area contributed by atoms with Gasteiger partial charge in [-0.05, 0) is 63.2 Å². The Bertz CT molecular complexity index is 1100. The van der Waals surface area contributed by atoms with Gasteiger partial charge in [-0.2, -0.15) is 5.10 Å². The van der Waals surface area contributed by atoms with Gasteiger partial charge in [-0.15, -0.1) is 0 Å². The molecular formula is C23H23N3O5. The number of anilines is 1. The zero-order chi connectivity index (χ0) is 22.4. The predicted molar refractivity (Wildman–Crippen MR) is 115 cm³/mol. The van der Waals surface area contributed by atoms with Gasteiger partial charge in [0.25, 0.3) is 5.91 Å². The van der Waals surface area contributed by atoms with Crippen molar-refractivity contribution in [3.63, 3.8) is 0 Å². The number of ether oxygens (including phenoxy) is 2. The number of carbonyl (C=O) groups is 3. The number of nitrogens with zero attached hydrogens (tertiary/aromatic N) is 2. The zero-order valence-corrected chi connectivity index (χ0v) is 17.5. The van der Waals surface area contributed by atoms with Crippen molar-refractivity contribution in [1.29, 1.82) is 0 Å². The van der Waals surface area contributed by atoms with Crippen molar-refractivity contribution in [1.82, 2.24) is 9.78 Å². The van der Waals surface area contributed by atoms with E-state index < -0.39 is 11.9 Å². The second-order valence-electron chi connectivity index (χ2n) is 6.58. The van der Waals surface area contributed by atoms with Gasteiger partial charge in [0.2, 0.25) is 0 Å². The molecule has 0 fully saturated rings. The summed E-state index contributed by atoms with van der Waals surface area (Å²) in [5.41, 5.74) is 3.02. The lowest BCUT2D eigenvalue weighted by Gasteiger charge is -2.09. The molecule has 1 heterocycles. The van der Waals surface area contributed by atoms with Gasteiger partial charge in [-0.3, -0.25) is 4.79 Å². The lowest BCUT2D eigenvalue weighted by molar-refractivity contribution is 0.0516. The lowest BCUT2D eigenvalue weighted by atomic mass is 10.1. The number of carbonyl (C=O) groups excluding carboxylic acids is 3. The molecule has 0 atom stereocenters. The van der Waals surface area contributed by atoms with E-state index in [1.165, 1.54) is 6.20 Å². The molecule has 3 rings (SSSR count). The van der Waals surface area contributed by atoms with Crippen molar-refractivity contribution < 1.29 is 23.9 Å². The highest BCUT2D eigenvalue weighted by molar-refractivity contribution is 6.05. The minimum atomic E-state index is -0.445. The third-order valence-electron chi connectivity index (χ3n) is 4.51. The molecule has 0 aliphatic carbocycles. The third-order valence-corrected chi connectivity index (χ3v) is 4.51. The highest BCUT2D eigenvalue weighted by atomic mass is 16.5. The second kappa shape index (κ2) is 9.71. The Balaban J connectivity index is 1.74. The van der Waals surface area contributed by atoms with Gasteiger partial charge in [0.05, 0.1) is 36.4 Å². The molecule has 1 N–H and O–H groups in total. The molecular weight excluding hydrogens is 398 g/mol. The molecule has 0 unspecified atom stereocenters. The summed E-state index contributed by atoms with van der Waals surface area (Å²) in [6.45, 7) is 5.81. The van der Waals surface area contributed by atoms with Gasteiger partial charge >= 0.3 is 11.9 Å². The fourth-order valence-electron chi connectivity index (χ4n) is 2.97.